The predicted molar refractivity (Wildman–Crippen MR) is 110 cm³/mol. The van der Waals surface area contributed by atoms with Crippen molar-refractivity contribution in [2.24, 2.45) is 5.92 Å². The van der Waals surface area contributed by atoms with Gasteiger partial charge in [-0.05, 0) is 31.2 Å². The number of aliphatic hydroxyl groups is 1. The molecule has 6 nitrogen and oxygen atoms in total. The van der Waals surface area contributed by atoms with E-state index in [1.54, 1.807) is 12.1 Å². The number of amides is 1. The van der Waals surface area contributed by atoms with Crippen molar-refractivity contribution in [3.63, 3.8) is 0 Å². The third-order valence-electron chi connectivity index (χ3n) is 5.28. The second-order valence-electron chi connectivity index (χ2n) is 6.91. The lowest BCUT2D eigenvalue weighted by molar-refractivity contribution is -0.126. The minimum absolute atomic E-state index is 0. The number of benzene rings is 1. The number of nitrogens with zero attached hydrogens (tertiary/aromatic N) is 2. The van der Waals surface area contributed by atoms with Gasteiger partial charge in [0.05, 0.1) is 12.1 Å². The first-order valence-electron chi connectivity index (χ1n) is 8.95. The van der Waals surface area contributed by atoms with Crippen molar-refractivity contribution < 1.29 is 14.3 Å². The second kappa shape index (κ2) is 11.0. The van der Waals surface area contributed by atoms with E-state index in [1.165, 1.54) is 12.1 Å². The van der Waals surface area contributed by atoms with E-state index in [0.29, 0.717) is 13.1 Å². The summed E-state index contributed by atoms with van der Waals surface area (Å²) < 4.78 is 13.0. The molecule has 1 aromatic rings. The average molecular weight is 423 g/mol. The minimum Gasteiger partial charge on any atom is -0.391 e. The van der Waals surface area contributed by atoms with Crippen molar-refractivity contribution in [1.82, 2.24) is 15.5 Å². The molecule has 0 saturated carbocycles. The van der Waals surface area contributed by atoms with Crippen LogP contribution in [-0.2, 0) is 4.79 Å². The molecule has 27 heavy (non-hydrogen) atoms. The number of halogens is 3. The van der Waals surface area contributed by atoms with E-state index in [-0.39, 0.29) is 54.6 Å². The van der Waals surface area contributed by atoms with Crippen LogP contribution in [-0.4, -0.2) is 73.9 Å². The normalized spacial score (nSPS) is 23.9. The lowest BCUT2D eigenvalue weighted by Gasteiger charge is -2.38. The van der Waals surface area contributed by atoms with Crippen LogP contribution in [0.3, 0.4) is 0 Å². The highest BCUT2D eigenvalue weighted by Gasteiger charge is 2.28. The Bertz CT molecular complexity index is 585. The summed E-state index contributed by atoms with van der Waals surface area (Å²) in [5.74, 6) is -0.129. The fourth-order valence-electron chi connectivity index (χ4n) is 3.49. The second-order valence-corrected chi connectivity index (χ2v) is 6.91. The monoisotopic (exact) mass is 422 g/mol. The summed E-state index contributed by atoms with van der Waals surface area (Å²) in [5, 5.41) is 15.9. The van der Waals surface area contributed by atoms with Crippen molar-refractivity contribution in [3.8, 4) is 0 Å². The highest BCUT2D eigenvalue weighted by atomic mass is 35.5. The zero-order valence-electron chi connectivity index (χ0n) is 15.4. The molecule has 0 aliphatic carbocycles. The average Bonchev–Trinajstić information content (AvgIpc) is 3.05. The number of hydrogen-bond acceptors (Lipinski definition) is 5. The highest BCUT2D eigenvalue weighted by molar-refractivity contribution is 5.85. The molecule has 1 amide bonds. The number of piperazine rings is 1. The van der Waals surface area contributed by atoms with E-state index in [0.717, 1.165) is 38.4 Å². The standard InChI is InChI=1S/C18H27FN4O2.2ClH/c1-13(18(25)21-11-14-10-20-12-17(14)24)22-6-8-23(9-7-22)16-4-2-15(19)3-5-16;;/h2-5,13-14,17,20,24H,6-12H2,1H3,(H,21,25);2*1H. The molecule has 0 radical (unpaired) electrons. The van der Waals surface area contributed by atoms with Crippen molar-refractivity contribution >= 4 is 36.4 Å². The summed E-state index contributed by atoms with van der Waals surface area (Å²) in [7, 11) is 0. The Balaban J connectivity index is 0.00000182. The summed E-state index contributed by atoms with van der Waals surface area (Å²) >= 11 is 0. The fourth-order valence-corrected chi connectivity index (χ4v) is 3.49. The van der Waals surface area contributed by atoms with Crippen LogP contribution in [0, 0.1) is 11.7 Å². The maximum atomic E-state index is 13.0. The molecule has 2 heterocycles. The number of anilines is 1. The van der Waals surface area contributed by atoms with Gasteiger partial charge >= 0.3 is 0 Å². The molecule has 9 heteroatoms. The molecule has 2 aliphatic heterocycles. The van der Waals surface area contributed by atoms with Gasteiger partial charge in [-0.25, -0.2) is 4.39 Å². The Labute approximate surface area is 172 Å². The van der Waals surface area contributed by atoms with E-state index in [2.05, 4.69) is 20.4 Å². The van der Waals surface area contributed by atoms with Crippen LogP contribution in [0.15, 0.2) is 24.3 Å². The molecule has 154 valence electrons. The minimum atomic E-state index is -0.380. The highest BCUT2D eigenvalue weighted by Crippen LogP contribution is 2.18. The van der Waals surface area contributed by atoms with Crippen LogP contribution in [0.4, 0.5) is 10.1 Å². The third-order valence-corrected chi connectivity index (χ3v) is 5.28. The Morgan fingerprint density at radius 3 is 2.41 bits per heavy atom. The molecule has 3 N–H and O–H groups in total. The lowest BCUT2D eigenvalue weighted by Crippen LogP contribution is -2.54. The van der Waals surface area contributed by atoms with Crippen LogP contribution in [0.5, 0.6) is 0 Å². The molecule has 0 bridgehead atoms. The third kappa shape index (κ3) is 6.19. The maximum absolute atomic E-state index is 13.0. The van der Waals surface area contributed by atoms with Gasteiger partial charge in [-0.15, -0.1) is 24.8 Å². The van der Waals surface area contributed by atoms with Gasteiger partial charge in [0.15, 0.2) is 0 Å². The fraction of sp³-hybridized carbons (Fsp3) is 0.611. The van der Waals surface area contributed by atoms with Gasteiger partial charge in [-0.3, -0.25) is 9.69 Å². The quantitative estimate of drug-likeness (QED) is 0.656. The number of rotatable bonds is 5. The smallest absolute Gasteiger partial charge is 0.237 e. The van der Waals surface area contributed by atoms with Crippen LogP contribution in [0.2, 0.25) is 0 Å². The summed E-state index contributed by atoms with van der Waals surface area (Å²) in [6.07, 6.45) is -0.380. The van der Waals surface area contributed by atoms with Gasteiger partial charge in [0.25, 0.3) is 0 Å². The lowest BCUT2D eigenvalue weighted by atomic mass is 10.1. The molecule has 3 unspecified atom stereocenters. The first kappa shape index (κ1) is 23.9. The van der Waals surface area contributed by atoms with Gasteiger partial charge in [0.1, 0.15) is 5.82 Å². The van der Waals surface area contributed by atoms with E-state index < -0.39 is 0 Å². The number of nitrogens with one attached hydrogen (secondary N) is 2. The summed E-state index contributed by atoms with van der Waals surface area (Å²) in [4.78, 5) is 16.8. The zero-order valence-corrected chi connectivity index (χ0v) is 17.1. The first-order chi connectivity index (χ1) is 12.0. The molecule has 3 atom stereocenters. The first-order valence-corrected chi connectivity index (χ1v) is 8.95. The van der Waals surface area contributed by atoms with Crippen LogP contribution in [0.25, 0.3) is 0 Å². The largest absolute Gasteiger partial charge is 0.391 e. The molecule has 1 aromatic carbocycles. The molecule has 0 spiro atoms. The van der Waals surface area contributed by atoms with Gasteiger partial charge < -0.3 is 20.6 Å². The molecular formula is C18H29Cl2FN4O2. The Kier molecular flexibility index (Phi) is 9.76. The van der Waals surface area contributed by atoms with Gasteiger partial charge in [-0.1, -0.05) is 0 Å². The van der Waals surface area contributed by atoms with Gasteiger partial charge in [0.2, 0.25) is 5.91 Å². The maximum Gasteiger partial charge on any atom is 0.237 e. The van der Waals surface area contributed by atoms with Gasteiger partial charge in [0, 0.05) is 57.4 Å². The number of carbonyl (C=O) groups excluding carboxylic acids is 1. The number of carbonyl (C=O) groups is 1. The van der Waals surface area contributed by atoms with Crippen molar-refractivity contribution in [1.29, 1.82) is 0 Å². The molecular weight excluding hydrogens is 394 g/mol. The van der Waals surface area contributed by atoms with Crippen molar-refractivity contribution in [2.45, 2.75) is 19.1 Å². The summed E-state index contributed by atoms with van der Waals surface area (Å²) in [6, 6.07) is 6.35. The van der Waals surface area contributed by atoms with Crippen molar-refractivity contribution in [3.05, 3.63) is 30.1 Å². The summed E-state index contributed by atoms with van der Waals surface area (Å²) in [5.41, 5.74) is 1.01. The Morgan fingerprint density at radius 2 is 1.85 bits per heavy atom. The van der Waals surface area contributed by atoms with Crippen LogP contribution in [0.1, 0.15) is 6.92 Å². The van der Waals surface area contributed by atoms with E-state index >= 15 is 0 Å². The van der Waals surface area contributed by atoms with E-state index in [4.69, 9.17) is 0 Å². The molecule has 2 saturated heterocycles. The van der Waals surface area contributed by atoms with Crippen LogP contribution >= 0.6 is 24.8 Å². The summed E-state index contributed by atoms with van der Waals surface area (Å²) in [6.45, 7) is 6.98. The van der Waals surface area contributed by atoms with Crippen molar-refractivity contribution in [2.75, 3.05) is 50.7 Å². The number of aliphatic hydroxyl groups excluding tert-OH is 1. The van der Waals surface area contributed by atoms with E-state index in [9.17, 15) is 14.3 Å². The molecule has 2 aliphatic rings. The molecule has 3 rings (SSSR count). The number of β-amino-alcohol motifs (C(OH)–C–C–N with tert-alkyl or cyclic N) is 1. The Hall–Kier alpha value is -1.12. The van der Waals surface area contributed by atoms with Crippen LogP contribution < -0.4 is 15.5 Å². The predicted octanol–water partition coefficient (Wildman–Crippen LogP) is 0.876. The van der Waals surface area contributed by atoms with Gasteiger partial charge in [-0.2, -0.15) is 0 Å². The zero-order chi connectivity index (χ0) is 17.8. The number of hydrogen-bond donors (Lipinski definition) is 3. The SMILES string of the molecule is CC(C(=O)NCC1CNCC1O)N1CCN(c2ccc(F)cc2)CC1.Cl.Cl. The molecule has 0 aromatic heterocycles. The van der Waals surface area contributed by atoms with E-state index in [1.807, 2.05) is 6.92 Å². The molecule has 2 fully saturated rings. The Morgan fingerprint density at radius 1 is 1.22 bits per heavy atom. The topological polar surface area (TPSA) is 67.8 Å².